The van der Waals surface area contributed by atoms with Crippen LogP contribution in [0.2, 0.25) is 0 Å². The minimum Gasteiger partial charge on any atom is -0.354 e. The molecule has 0 radical (unpaired) electrons. The van der Waals surface area contributed by atoms with Crippen LogP contribution in [0.15, 0.2) is 18.5 Å². The van der Waals surface area contributed by atoms with Crippen LogP contribution in [0.3, 0.4) is 0 Å². The molecule has 8 heteroatoms. The maximum absolute atomic E-state index is 12.5. The van der Waals surface area contributed by atoms with E-state index >= 15 is 0 Å². The summed E-state index contributed by atoms with van der Waals surface area (Å²) < 4.78 is 3.59. The maximum Gasteiger partial charge on any atom is 0.257 e. The zero-order valence-corrected chi connectivity index (χ0v) is 17.2. The Labute approximate surface area is 165 Å². The SMILES string of the molecule is Cc1cc(C)n(C(C)CNC(=O)CC2CCN(C(=O)c3cnn(C)c3)CC2)n1. The molecule has 0 aromatic carbocycles. The summed E-state index contributed by atoms with van der Waals surface area (Å²) >= 11 is 0. The molecule has 3 rings (SSSR count). The monoisotopic (exact) mass is 386 g/mol. The van der Waals surface area contributed by atoms with Crippen molar-refractivity contribution in [2.45, 2.75) is 46.1 Å². The van der Waals surface area contributed by atoms with Crippen LogP contribution < -0.4 is 5.32 Å². The molecule has 0 saturated carbocycles. The van der Waals surface area contributed by atoms with Gasteiger partial charge < -0.3 is 10.2 Å². The van der Waals surface area contributed by atoms with Gasteiger partial charge in [-0.15, -0.1) is 0 Å². The van der Waals surface area contributed by atoms with Gasteiger partial charge in [0.15, 0.2) is 0 Å². The lowest BCUT2D eigenvalue weighted by Crippen LogP contribution is -2.40. The Kier molecular flexibility index (Phi) is 6.16. The topological polar surface area (TPSA) is 85.0 Å². The fourth-order valence-corrected chi connectivity index (χ4v) is 3.83. The van der Waals surface area contributed by atoms with Crippen molar-refractivity contribution < 1.29 is 9.59 Å². The van der Waals surface area contributed by atoms with Gasteiger partial charge in [-0.05, 0) is 45.6 Å². The number of hydrogen-bond donors (Lipinski definition) is 1. The van der Waals surface area contributed by atoms with E-state index < -0.39 is 0 Å². The molecule has 0 spiro atoms. The van der Waals surface area contributed by atoms with Gasteiger partial charge in [0, 0.05) is 45.0 Å². The number of amides is 2. The van der Waals surface area contributed by atoms with Crippen LogP contribution in [0.4, 0.5) is 0 Å². The third-order valence-electron chi connectivity index (χ3n) is 5.38. The molecule has 8 nitrogen and oxygen atoms in total. The molecule has 1 fully saturated rings. The van der Waals surface area contributed by atoms with Gasteiger partial charge in [0.1, 0.15) is 0 Å². The summed E-state index contributed by atoms with van der Waals surface area (Å²) in [4.78, 5) is 26.7. The lowest BCUT2D eigenvalue weighted by Gasteiger charge is -2.31. The maximum atomic E-state index is 12.5. The normalized spacial score (nSPS) is 16.2. The van der Waals surface area contributed by atoms with Gasteiger partial charge in [-0.25, -0.2) is 0 Å². The molecule has 1 aliphatic heterocycles. The lowest BCUT2D eigenvalue weighted by atomic mass is 9.93. The van der Waals surface area contributed by atoms with Crippen LogP contribution in [0.5, 0.6) is 0 Å². The van der Waals surface area contributed by atoms with E-state index in [0.29, 0.717) is 37.5 Å². The predicted octanol–water partition coefficient (Wildman–Crippen LogP) is 1.85. The van der Waals surface area contributed by atoms with Crippen molar-refractivity contribution >= 4 is 11.8 Å². The molecule has 3 heterocycles. The van der Waals surface area contributed by atoms with Crippen molar-refractivity contribution in [3.8, 4) is 0 Å². The minimum atomic E-state index is 0.0229. The van der Waals surface area contributed by atoms with Gasteiger partial charge in [-0.2, -0.15) is 10.2 Å². The highest BCUT2D eigenvalue weighted by Crippen LogP contribution is 2.22. The number of hydrogen-bond acceptors (Lipinski definition) is 4. The zero-order chi connectivity index (χ0) is 20.3. The van der Waals surface area contributed by atoms with Crippen LogP contribution in [0.1, 0.15) is 54.0 Å². The fraction of sp³-hybridized carbons (Fsp3) is 0.600. The number of rotatable bonds is 6. The Balaban J connectivity index is 1.41. The van der Waals surface area contributed by atoms with E-state index in [4.69, 9.17) is 0 Å². The van der Waals surface area contributed by atoms with E-state index in [-0.39, 0.29) is 17.9 Å². The molecule has 0 bridgehead atoms. The number of likely N-dealkylation sites (tertiary alicyclic amines) is 1. The number of aromatic nitrogens is 4. The van der Waals surface area contributed by atoms with Gasteiger partial charge in [0.25, 0.3) is 5.91 Å². The number of aryl methyl sites for hydroxylation is 3. The highest BCUT2D eigenvalue weighted by Gasteiger charge is 2.25. The second-order valence-electron chi connectivity index (χ2n) is 7.87. The predicted molar refractivity (Wildman–Crippen MR) is 106 cm³/mol. The van der Waals surface area contributed by atoms with Crippen molar-refractivity contribution in [1.29, 1.82) is 0 Å². The lowest BCUT2D eigenvalue weighted by molar-refractivity contribution is -0.122. The van der Waals surface area contributed by atoms with Crippen LogP contribution in [-0.4, -0.2) is 55.9 Å². The third-order valence-corrected chi connectivity index (χ3v) is 5.38. The molecule has 28 heavy (non-hydrogen) atoms. The molecule has 1 N–H and O–H groups in total. The summed E-state index contributed by atoms with van der Waals surface area (Å²) in [7, 11) is 1.80. The molecule has 152 valence electrons. The van der Waals surface area contributed by atoms with Crippen LogP contribution in [0, 0.1) is 19.8 Å². The average Bonchev–Trinajstić information content (AvgIpc) is 3.24. The van der Waals surface area contributed by atoms with Crippen molar-refractivity contribution in [3.63, 3.8) is 0 Å². The first-order valence-corrected chi connectivity index (χ1v) is 9.91. The zero-order valence-electron chi connectivity index (χ0n) is 17.2. The van der Waals surface area contributed by atoms with Crippen molar-refractivity contribution in [2.75, 3.05) is 19.6 Å². The Morgan fingerprint density at radius 2 is 2.00 bits per heavy atom. The average molecular weight is 387 g/mol. The number of carbonyl (C=O) groups excluding carboxylic acids is 2. The first-order valence-electron chi connectivity index (χ1n) is 9.91. The highest BCUT2D eigenvalue weighted by molar-refractivity contribution is 5.93. The molecule has 1 aliphatic rings. The van der Waals surface area contributed by atoms with Crippen LogP contribution in [-0.2, 0) is 11.8 Å². The van der Waals surface area contributed by atoms with Crippen LogP contribution in [0.25, 0.3) is 0 Å². The third kappa shape index (κ3) is 4.79. The van der Waals surface area contributed by atoms with E-state index in [1.165, 1.54) is 0 Å². The Morgan fingerprint density at radius 3 is 2.57 bits per heavy atom. The van der Waals surface area contributed by atoms with Crippen molar-refractivity contribution in [3.05, 3.63) is 35.4 Å². The quantitative estimate of drug-likeness (QED) is 0.821. The summed E-state index contributed by atoms with van der Waals surface area (Å²) in [5.74, 6) is 0.419. The highest BCUT2D eigenvalue weighted by atomic mass is 16.2. The van der Waals surface area contributed by atoms with Crippen molar-refractivity contribution in [1.82, 2.24) is 29.8 Å². The molecule has 2 aromatic rings. The summed E-state index contributed by atoms with van der Waals surface area (Å²) in [5.41, 5.74) is 2.71. The van der Waals surface area contributed by atoms with Gasteiger partial charge >= 0.3 is 0 Å². The molecule has 1 unspecified atom stereocenters. The van der Waals surface area contributed by atoms with Gasteiger partial charge in [-0.3, -0.25) is 19.0 Å². The molecule has 2 amide bonds. The second kappa shape index (κ2) is 8.58. The van der Waals surface area contributed by atoms with E-state index in [9.17, 15) is 9.59 Å². The fourth-order valence-electron chi connectivity index (χ4n) is 3.83. The Bertz CT molecular complexity index is 832. The molecule has 1 saturated heterocycles. The Hall–Kier alpha value is -2.64. The summed E-state index contributed by atoms with van der Waals surface area (Å²) in [6.45, 7) is 8.00. The van der Waals surface area contributed by atoms with E-state index in [2.05, 4.69) is 22.4 Å². The van der Waals surface area contributed by atoms with E-state index in [0.717, 1.165) is 24.2 Å². The number of nitrogens with one attached hydrogen (secondary N) is 1. The first kappa shape index (κ1) is 20.1. The number of carbonyl (C=O) groups is 2. The molecule has 1 atom stereocenters. The second-order valence-corrected chi connectivity index (χ2v) is 7.87. The smallest absolute Gasteiger partial charge is 0.257 e. The largest absolute Gasteiger partial charge is 0.354 e. The standard InChI is InChI=1S/C20H30N6O2/c1-14-9-15(2)26(23-14)16(3)11-21-19(27)10-17-5-7-25(8-6-17)20(28)18-12-22-24(4)13-18/h9,12-13,16-17H,5-8,10-11H2,1-4H3,(H,21,27). The minimum absolute atomic E-state index is 0.0229. The van der Waals surface area contributed by atoms with Crippen molar-refractivity contribution in [2.24, 2.45) is 13.0 Å². The summed E-state index contributed by atoms with van der Waals surface area (Å²) in [5, 5.41) is 11.6. The van der Waals surface area contributed by atoms with E-state index in [1.807, 2.05) is 29.5 Å². The summed E-state index contributed by atoms with van der Waals surface area (Å²) in [6.07, 6.45) is 5.56. The van der Waals surface area contributed by atoms with Gasteiger partial charge in [0.2, 0.25) is 5.91 Å². The Morgan fingerprint density at radius 1 is 1.29 bits per heavy atom. The number of nitrogens with zero attached hydrogens (tertiary/aromatic N) is 5. The van der Waals surface area contributed by atoms with E-state index in [1.54, 1.807) is 24.1 Å². The molecular formula is C20H30N6O2. The summed E-state index contributed by atoms with van der Waals surface area (Å²) in [6, 6.07) is 2.16. The van der Waals surface area contributed by atoms with Crippen LogP contribution >= 0.6 is 0 Å². The molecule has 2 aromatic heterocycles. The molecule has 0 aliphatic carbocycles. The first-order chi connectivity index (χ1) is 13.3. The van der Waals surface area contributed by atoms with Gasteiger partial charge in [-0.1, -0.05) is 0 Å². The van der Waals surface area contributed by atoms with Gasteiger partial charge in [0.05, 0.1) is 23.5 Å². The molecular weight excluding hydrogens is 356 g/mol. The number of piperidine rings is 1.